The van der Waals surface area contributed by atoms with Crippen molar-refractivity contribution in [3.63, 3.8) is 0 Å². The summed E-state index contributed by atoms with van der Waals surface area (Å²) in [4.78, 5) is 47.8. The number of allylic oxidation sites excluding steroid dienone is 2. The van der Waals surface area contributed by atoms with E-state index in [4.69, 9.17) is 0 Å². The van der Waals surface area contributed by atoms with Crippen LogP contribution in [0.5, 0.6) is 0 Å². The Balaban J connectivity index is 1.63. The number of amides is 4. The molecule has 6 rings (SSSR count). The minimum atomic E-state index is -0.344. The molecule has 4 amide bonds. The zero-order valence-electron chi connectivity index (χ0n) is 10.4. The van der Waals surface area contributed by atoms with Crippen LogP contribution in [0.4, 0.5) is 0 Å². The summed E-state index contributed by atoms with van der Waals surface area (Å²) >= 11 is 0. The molecule has 0 aromatic heterocycles. The predicted octanol–water partition coefficient (Wildman–Crippen LogP) is -1.17. The lowest BCUT2D eigenvalue weighted by molar-refractivity contribution is -0.166. The van der Waals surface area contributed by atoms with Crippen molar-refractivity contribution >= 4 is 23.6 Å². The molecule has 2 saturated carbocycles. The fraction of sp³-hybridized carbons (Fsp3) is 0.571. The van der Waals surface area contributed by atoms with E-state index < -0.39 is 0 Å². The summed E-state index contributed by atoms with van der Waals surface area (Å²) in [5.41, 5.74) is 0. The molecule has 8 atom stereocenters. The monoisotopic (exact) mass is 272 g/mol. The summed E-state index contributed by atoms with van der Waals surface area (Å²) in [7, 11) is 0. The minimum absolute atomic E-state index is 0.0411. The molecular formula is C14H12N2O4. The highest BCUT2D eigenvalue weighted by atomic mass is 16.2. The molecule has 4 aliphatic carbocycles. The van der Waals surface area contributed by atoms with E-state index in [-0.39, 0.29) is 71.0 Å². The Labute approximate surface area is 114 Å². The van der Waals surface area contributed by atoms with E-state index >= 15 is 0 Å². The maximum Gasteiger partial charge on any atom is 0.231 e. The van der Waals surface area contributed by atoms with Gasteiger partial charge in [0.05, 0.1) is 23.7 Å². The average molecular weight is 272 g/mol. The molecular weight excluding hydrogens is 260 g/mol. The maximum atomic E-state index is 12.0. The van der Waals surface area contributed by atoms with E-state index in [1.165, 1.54) is 0 Å². The van der Waals surface area contributed by atoms with Gasteiger partial charge in [0.25, 0.3) is 0 Å². The lowest BCUT2D eigenvalue weighted by Gasteiger charge is -2.60. The summed E-state index contributed by atoms with van der Waals surface area (Å²) in [6, 6.07) is 0. The smallest absolute Gasteiger partial charge is 0.231 e. The molecule has 20 heavy (non-hydrogen) atoms. The second kappa shape index (κ2) is 3.02. The molecule has 0 aromatic carbocycles. The highest BCUT2D eigenvalue weighted by Gasteiger charge is 2.72. The molecule has 6 nitrogen and oxygen atoms in total. The molecule has 6 aliphatic rings. The molecule has 0 spiro atoms. The number of hydrogen-bond donors (Lipinski definition) is 2. The summed E-state index contributed by atoms with van der Waals surface area (Å²) in [5, 5.41) is 4.81. The van der Waals surface area contributed by atoms with E-state index in [9.17, 15) is 19.2 Å². The topological polar surface area (TPSA) is 92.3 Å². The van der Waals surface area contributed by atoms with Crippen molar-refractivity contribution in [3.8, 4) is 0 Å². The van der Waals surface area contributed by atoms with Gasteiger partial charge in [-0.2, -0.15) is 0 Å². The predicted molar refractivity (Wildman–Crippen MR) is 63.4 cm³/mol. The lowest BCUT2D eigenvalue weighted by Crippen LogP contribution is -2.63. The van der Waals surface area contributed by atoms with E-state index in [1.54, 1.807) is 0 Å². The highest BCUT2D eigenvalue weighted by molar-refractivity contribution is 6.09. The van der Waals surface area contributed by atoms with Crippen LogP contribution in [0.15, 0.2) is 12.2 Å². The van der Waals surface area contributed by atoms with Crippen LogP contribution in [0.2, 0.25) is 0 Å². The van der Waals surface area contributed by atoms with Gasteiger partial charge in [0.1, 0.15) is 0 Å². The van der Waals surface area contributed by atoms with Crippen molar-refractivity contribution in [2.45, 2.75) is 0 Å². The first kappa shape index (κ1) is 10.8. The van der Waals surface area contributed by atoms with Gasteiger partial charge in [0, 0.05) is 0 Å². The zero-order chi connectivity index (χ0) is 13.8. The van der Waals surface area contributed by atoms with Gasteiger partial charge in [-0.05, 0) is 23.7 Å². The van der Waals surface area contributed by atoms with Gasteiger partial charge in [-0.1, -0.05) is 12.2 Å². The van der Waals surface area contributed by atoms with E-state index in [1.807, 2.05) is 12.2 Å². The van der Waals surface area contributed by atoms with Crippen molar-refractivity contribution < 1.29 is 19.2 Å². The van der Waals surface area contributed by atoms with Crippen molar-refractivity contribution in [2.75, 3.05) is 0 Å². The molecule has 2 aliphatic heterocycles. The molecule has 6 heteroatoms. The van der Waals surface area contributed by atoms with Gasteiger partial charge in [0.2, 0.25) is 23.6 Å². The van der Waals surface area contributed by atoms with Gasteiger partial charge in [0.15, 0.2) is 0 Å². The normalized spacial score (nSPS) is 54.0. The Morgan fingerprint density at radius 3 is 1.35 bits per heavy atom. The fourth-order valence-electron chi connectivity index (χ4n) is 5.44. The molecule has 2 bridgehead atoms. The zero-order valence-corrected chi connectivity index (χ0v) is 10.4. The first-order chi connectivity index (χ1) is 9.59. The first-order valence-corrected chi connectivity index (χ1v) is 6.97. The van der Waals surface area contributed by atoms with Crippen molar-refractivity contribution in [3.05, 3.63) is 12.2 Å². The fourth-order valence-corrected chi connectivity index (χ4v) is 5.44. The van der Waals surface area contributed by atoms with Crippen LogP contribution >= 0.6 is 0 Å². The van der Waals surface area contributed by atoms with Crippen molar-refractivity contribution in [1.82, 2.24) is 10.6 Å². The van der Waals surface area contributed by atoms with Crippen molar-refractivity contribution in [1.29, 1.82) is 0 Å². The Morgan fingerprint density at radius 2 is 0.950 bits per heavy atom. The molecule has 4 fully saturated rings. The lowest BCUT2D eigenvalue weighted by atomic mass is 9.40. The van der Waals surface area contributed by atoms with Crippen molar-refractivity contribution in [2.24, 2.45) is 47.3 Å². The third-order valence-electron chi connectivity index (χ3n) is 6.03. The van der Waals surface area contributed by atoms with Crippen LogP contribution in [0, 0.1) is 47.3 Å². The Morgan fingerprint density at radius 1 is 0.600 bits per heavy atom. The molecule has 0 radical (unpaired) electrons. The molecule has 102 valence electrons. The minimum Gasteiger partial charge on any atom is -0.296 e. The standard InChI is InChI=1S/C14H12N2O4/c17-11-7-3-1-2-4(8(7)12(18)15-11)6-5(3)9-10(6)14(20)16-13(9)19/h1-10H,(H,15,17,18)(H,16,19,20)/t3-,4+,5-,6-,7+,8-,9+,10-/m0/s1. The van der Waals surface area contributed by atoms with Gasteiger partial charge in [-0.25, -0.2) is 0 Å². The summed E-state index contributed by atoms with van der Waals surface area (Å²) in [6.45, 7) is 0. The van der Waals surface area contributed by atoms with E-state index in [2.05, 4.69) is 10.6 Å². The second-order valence-electron chi connectivity index (χ2n) is 6.50. The van der Waals surface area contributed by atoms with Gasteiger partial charge in [-0.15, -0.1) is 0 Å². The summed E-state index contributed by atoms with van der Waals surface area (Å²) in [5.74, 6) is -2.21. The Kier molecular flexibility index (Phi) is 1.63. The number of rotatable bonds is 0. The van der Waals surface area contributed by atoms with Crippen LogP contribution in [0.25, 0.3) is 0 Å². The number of fused-ring (bicyclic) bond motifs is 1. The highest BCUT2D eigenvalue weighted by Crippen LogP contribution is 2.66. The van der Waals surface area contributed by atoms with Crippen LogP contribution in [-0.2, 0) is 19.2 Å². The van der Waals surface area contributed by atoms with Gasteiger partial charge >= 0.3 is 0 Å². The largest absolute Gasteiger partial charge is 0.296 e. The van der Waals surface area contributed by atoms with Crippen LogP contribution in [-0.4, -0.2) is 23.6 Å². The van der Waals surface area contributed by atoms with Crippen LogP contribution in [0.1, 0.15) is 0 Å². The molecule has 2 N–H and O–H groups in total. The molecule has 0 aromatic rings. The summed E-state index contributed by atoms with van der Waals surface area (Å²) in [6.07, 6.45) is 3.97. The third-order valence-corrected chi connectivity index (χ3v) is 6.03. The number of carbonyl (C=O) groups is 4. The number of nitrogens with one attached hydrogen (secondary N) is 2. The molecule has 2 heterocycles. The van der Waals surface area contributed by atoms with E-state index in [0.717, 1.165) is 0 Å². The average Bonchev–Trinajstić information content (AvgIpc) is 2.78. The first-order valence-electron chi connectivity index (χ1n) is 6.97. The van der Waals surface area contributed by atoms with Gasteiger partial charge < -0.3 is 0 Å². The molecule has 0 unspecified atom stereocenters. The SMILES string of the molecule is O=C1NC(=O)[C@H]2[C@@H]3C=C[C@H]([C@@H]12)[C@@H]1[C@H]2C(=O)NC(=O)[C@H]2[C@@H]31. The summed E-state index contributed by atoms with van der Waals surface area (Å²) < 4.78 is 0. The number of carbonyl (C=O) groups excluding carboxylic acids is 4. The number of hydrogen-bond acceptors (Lipinski definition) is 4. The quantitative estimate of drug-likeness (QED) is 0.429. The van der Waals surface area contributed by atoms with Crippen LogP contribution in [0.3, 0.4) is 0 Å². The second-order valence-corrected chi connectivity index (χ2v) is 6.50. The van der Waals surface area contributed by atoms with Crippen LogP contribution < -0.4 is 10.6 Å². The third kappa shape index (κ3) is 0.910. The Bertz CT molecular complexity index is 587. The maximum absolute atomic E-state index is 12.0. The Hall–Kier alpha value is -1.98. The molecule has 2 saturated heterocycles. The number of imide groups is 2. The van der Waals surface area contributed by atoms with Gasteiger partial charge in [-0.3, -0.25) is 29.8 Å². The van der Waals surface area contributed by atoms with E-state index in [0.29, 0.717) is 0 Å².